The molecule has 0 aromatic carbocycles. The molecule has 1 rings (SSSR count). The van der Waals surface area contributed by atoms with Gasteiger partial charge in [-0.05, 0) is 20.8 Å². The quantitative estimate of drug-likeness (QED) is 0.557. The van der Waals surface area contributed by atoms with Gasteiger partial charge in [0.1, 0.15) is 5.60 Å². The van der Waals surface area contributed by atoms with Gasteiger partial charge in [-0.3, -0.25) is 0 Å². The molecule has 1 amide bonds. The van der Waals surface area contributed by atoms with Crippen molar-refractivity contribution in [1.82, 2.24) is 4.90 Å². The number of hydrogen-bond acceptors (Lipinski definition) is 2. The van der Waals surface area contributed by atoms with Crippen molar-refractivity contribution < 1.29 is 9.53 Å². The van der Waals surface area contributed by atoms with Gasteiger partial charge in [-0.1, -0.05) is 6.92 Å². The van der Waals surface area contributed by atoms with Crippen LogP contribution in [0.2, 0.25) is 0 Å². The van der Waals surface area contributed by atoms with E-state index in [0.29, 0.717) is 5.92 Å². The van der Waals surface area contributed by atoms with Crippen molar-refractivity contribution in [3.63, 3.8) is 0 Å². The summed E-state index contributed by atoms with van der Waals surface area (Å²) >= 11 is 0. The summed E-state index contributed by atoms with van der Waals surface area (Å²) in [5, 5.41) is 0. The Balaban J connectivity index is 2.85. The van der Waals surface area contributed by atoms with Gasteiger partial charge >= 0.3 is 6.09 Å². The number of hydrogen-bond donors (Lipinski definition) is 0. The van der Waals surface area contributed by atoms with Gasteiger partial charge in [0.15, 0.2) is 0 Å². The summed E-state index contributed by atoms with van der Waals surface area (Å²) in [5.41, 5.74) is -0.330. The van der Waals surface area contributed by atoms with Crippen LogP contribution in [-0.2, 0) is 4.74 Å². The third kappa shape index (κ3) is 1.28. The number of rotatable bonds is 0. The molecule has 0 aromatic heterocycles. The van der Waals surface area contributed by atoms with Crippen molar-refractivity contribution in [2.24, 2.45) is 5.92 Å². The molecule has 0 radical (unpaired) electrons. The lowest BCUT2D eigenvalue weighted by Crippen LogP contribution is -2.55. The van der Waals surface area contributed by atoms with E-state index >= 15 is 0 Å². The van der Waals surface area contributed by atoms with Crippen LogP contribution in [0.15, 0.2) is 0 Å². The van der Waals surface area contributed by atoms with Gasteiger partial charge < -0.3 is 9.64 Å². The first-order chi connectivity index (χ1) is 5.36. The number of ether oxygens (including phenoxy) is 1. The van der Waals surface area contributed by atoms with Gasteiger partial charge in [-0.25, -0.2) is 4.79 Å². The van der Waals surface area contributed by atoms with Crippen molar-refractivity contribution in [3.8, 4) is 0 Å². The van der Waals surface area contributed by atoms with E-state index in [9.17, 15) is 4.79 Å². The molecule has 2 atom stereocenters. The third-order valence-corrected chi connectivity index (χ3v) is 3.07. The van der Waals surface area contributed by atoms with E-state index < -0.39 is 0 Å². The summed E-state index contributed by atoms with van der Waals surface area (Å²) in [6.45, 7) is 8.07. The first-order valence-corrected chi connectivity index (χ1v) is 4.32. The minimum absolute atomic E-state index is 0.217. The molecule has 0 spiro atoms. The van der Waals surface area contributed by atoms with E-state index in [1.54, 1.807) is 11.9 Å². The molecule has 0 aromatic rings. The molecule has 1 heterocycles. The lowest BCUT2D eigenvalue weighted by Gasteiger charge is -2.44. The molecule has 3 nitrogen and oxygen atoms in total. The summed E-state index contributed by atoms with van der Waals surface area (Å²) in [5.74, 6) is 0.361. The molecule has 3 heteroatoms. The topological polar surface area (TPSA) is 29.5 Å². The fraction of sp³-hybridized carbons (Fsp3) is 0.889. The predicted molar refractivity (Wildman–Crippen MR) is 46.9 cm³/mol. The van der Waals surface area contributed by atoms with Gasteiger partial charge in [0.25, 0.3) is 0 Å². The van der Waals surface area contributed by atoms with Gasteiger partial charge in [-0.15, -0.1) is 0 Å². The molecule has 1 aliphatic rings. The summed E-state index contributed by atoms with van der Waals surface area (Å²) in [4.78, 5) is 12.9. The number of carbonyl (C=O) groups excluding carboxylic acids is 1. The maximum absolute atomic E-state index is 11.3. The highest BCUT2D eigenvalue weighted by atomic mass is 16.6. The lowest BCUT2D eigenvalue weighted by molar-refractivity contribution is -0.0771. The van der Waals surface area contributed by atoms with Crippen LogP contribution >= 0.6 is 0 Å². The minimum Gasteiger partial charge on any atom is -0.443 e. The van der Waals surface area contributed by atoms with Crippen LogP contribution < -0.4 is 0 Å². The number of amides is 1. The molecular formula is C9H17NO2. The third-order valence-electron chi connectivity index (χ3n) is 3.07. The Morgan fingerprint density at radius 2 is 1.92 bits per heavy atom. The Morgan fingerprint density at radius 3 is 2.42 bits per heavy atom. The second kappa shape index (κ2) is 2.64. The van der Waals surface area contributed by atoms with Crippen molar-refractivity contribution in [1.29, 1.82) is 0 Å². The molecule has 0 N–H and O–H groups in total. The zero-order chi connectivity index (χ0) is 9.52. The Hall–Kier alpha value is -0.730. The minimum atomic E-state index is -0.330. The van der Waals surface area contributed by atoms with Crippen molar-refractivity contribution in [2.45, 2.75) is 39.3 Å². The summed E-state index contributed by atoms with van der Waals surface area (Å²) < 4.78 is 5.26. The molecule has 70 valence electrons. The lowest BCUT2D eigenvalue weighted by atomic mass is 9.85. The van der Waals surface area contributed by atoms with E-state index in [1.165, 1.54) is 0 Å². The van der Waals surface area contributed by atoms with Gasteiger partial charge in [0.05, 0.1) is 0 Å². The maximum Gasteiger partial charge on any atom is 0.410 e. The molecular weight excluding hydrogens is 154 g/mol. The smallest absolute Gasteiger partial charge is 0.410 e. The highest BCUT2D eigenvalue weighted by Gasteiger charge is 2.42. The normalized spacial score (nSPS) is 34.8. The maximum atomic E-state index is 11.3. The van der Waals surface area contributed by atoms with E-state index in [2.05, 4.69) is 6.92 Å². The molecule has 12 heavy (non-hydrogen) atoms. The largest absolute Gasteiger partial charge is 0.443 e. The van der Waals surface area contributed by atoms with E-state index in [1.807, 2.05) is 20.8 Å². The Bertz CT molecular complexity index is 201. The van der Waals surface area contributed by atoms with E-state index in [0.717, 1.165) is 0 Å². The monoisotopic (exact) mass is 171 g/mol. The Kier molecular flexibility index (Phi) is 2.06. The fourth-order valence-corrected chi connectivity index (χ4v) is 1.47. The first kappa shape index (κ1) is 9.36. The zero-order valence-electron chi connectivity index (χ0n) is 8.42. The van der Waals surface area contributed by atoms with Crippen LogP contribution in [0.5, 0.6) is 0 Å². The molecule has 0 bridgehead atoms. The predicted octanol–water partition coefficient (Wildman–Crippen LogP) is 1.87. The SMILES string of the molecule is C[C@@H]1[C@H](C)N(C)C(=O)OC1(C)C. The van der Waals surface area contributed by atoms with Crippen LogP contribution in [0.3, 0.4) is 0 Å². The number of cyclic esters (lactones) is 1. The van der Waals surface area contributed by atoms with Crippen LogP contribution in [0.25, 0.3) is 0 Å². The van der Waals surface area contributed by atoms with Crippen LogP contribution in [-0.4, -0.2) is 29.7 Å². The number of carbonyl (C=O) groups is 1. The van der Waals surface area contributed by atoms with Crippen LogP contribution in [0, 0.1) is 5.92 Å². The second-order valence-corrected chi connectivity index (χ2v) is 4.11. The summed E-state index contributed by atoms with van der Waals surface area (Å²) in [6.07, 6.45) is -0.217. The average Bonchev–Trinajstić information content (AvgIpc) is 1.97. The van der Waals surface area contributed by atoms with Gasteiger partial charge in [0, 0.05) is 19.0 Å². The van der Waals surface area contributed by atoms with Crippen LogP contribution in [0.1, 0.15) is 27.7 Å². The molecule has 1 fully saturated rings. The van der Waals surface area contributed by atoms with Gasteiger partial charge in [-0.2, -0.15) is 0 Å². The second-order valence-electron chi connectivity index (χ2n) is 4.11. The molecule has 1 saturated heterocycles. The highest BCUT2D eigenvalue weighted by Crippen LogP contribution is 2.31. The summed E-state index contributed by atoms with van der Waals surface area (Å²) in [6, 6.07) is 0.251. The van der Waals surface area contributed by atoms with Crippen molar-refractivity contribution in [2.75, 3.05) is 7.05 Å². The van der Waals surface area contributed by atoms with E-state index in [-0.39, 0.29) is 17.7 Å². The highest BCUT2D eigenvalue weighted by molar-refractivity contribution is 5.69. The van der Waals surface area contributed by atoms with Crippen LogP contribution in [0.4, 0.5) is 4.79 Å². The zero-order valence-corrected chi connectivity index (χ0v) is 8.42. The molecule has 0 unspecified atom stereocenters. The van der Waals surface area contributed by atoms with Gasteiger partial charge in [0.2, 0.25) is 0 Å². The van der Waals surface area contributed by atoms with Crippen molar-refractivity contribution in [3.05, 3.63) is 0 Å². The van der Waals surface area contributed by atoms with Crippen molar-refractivity contribution >= 4 is 6.09 Å². The summed E-state index contributed by atoms with van der Waals surface area (Å²) in [7, 11) is 1.78. The fourth-order valence-electron chi connectivity index (χ4n) is 1.47. The Labute approximate surface area is 73.7 Å². The Morgan fingerprint density at radius 1 is 1.42 bits per heavy atom. The first-order valence-electron chi connectivity index (χ1n) is 4.32. The van der Waals surface area contributed by atoms with E-state index in [4.69, 9.17) is 4.74 Å². The molecule has 0 saturated carbocycles. The average molecular weight is 171 g/mol. The molecule has 0 aliphatic carbocycles. The number of nitrogens with zero attached hydrogens (tertiary/aromatic N) is 1. The molecule has 1 aliphatic heterocycles. The standard InChI is InChI=1S/C9H17NO2/c1-6-7(2)10(5)8(11)12-9(6,3)4/h6-7H,1-5H3/t6-,7+/m1/s1.